The standard InChI is InChI=1S/C16H23NO4/c1-12-6-4-7-14(10-12)21-9-5-8-15(18)17-13(2)11-16(19)20-3/h4,6-7,10,13H,5,8-9,11H2,1-3H3,(H,17,18). The van der Waals surface area contributed by atoms with Gasteiger partial charge in [-0.2, -0.15) is 0 Å². The minimum Gasteiger partial charge on any atom is -0.494 e. The Hall–Kier alpha value is -2.04. The van der Waals surface area contributed by atoms with Gasteiger partial charge in [-0.05, 0) is 38.0 Å². The van der Waals surface area contributed by atoms with Crippen LogP contribution in [0.2, 0.25) is 0 Å². The van der Waals surface area contributed by atoms with Crippen LogP contribution in [0.1, 0.15) is 31.7 Å². The zero-order valence-corrected chi connectivity index (χ0v) is 12.8. The normalized spacial score (nSPS) is 11.6. The average molecular weight is 293 g/mol. The smallest absolute Gasteiger partial charge is 0.307 e. The molecule has 1 rings (SSSR count). The highest BCUT2D eigenvalue weighted by molar-refractivity contribution is 5.77. The number of benzene rings is 1. The second-order valence-electron chi connectivity index (χ2n) is 5.02. The molecule has 5 nitrogen and oxygen atoms in total. The second-order valence-corrected chi connectivity index (χ2v) is 5.02. The molecule has 21 heavy (non-hydrogen) atoms. The number of methoxy groups -OCH3 is 1. The maximum absolute atomic E-state index is 11.7. The van der Waals surface area contributed by atoms with Gasteiger partial charge in [0.2, 0.25) is 5.91 Å². The zero-order valence-electron chi connectivity index (χ0n) is 12.8. The van der Waals surface area contributed by atoms with Crippen molar-refractivity contribution in [2.24, 2.45) is 0 Å². The van der Waals surface area contributed by atoms with Crippen molar-refractivity contribution in [3.8, 4) is 5.75 Å². The zero-order chi connectivity index (χ0) is 15.7. The number of carbonyl (C=O) groups excluding carboxylic acids is 2. The Labute approximate surface area is 125 Å². The molecule has 116 valence electrons. The van der Waals surface area contributed by atoms with E-state index in [0.717, 1.165) is 11.3 Å². The van der Waals surface area contributed by atoms with Crippen molar-refractivity contribution < 1.29 is 19.1 Å². The quantitative estimate of drug-likeness (QED) is 0.589. The lowest BCUT2D eigenvalue weighted by molar-refractivity contribution is -0.141. The summed E-state index contributed by atoms with van der Waals surface area (Å²) in [7, 11) is 1.33. The van der Waals surface area contributed by atoms with Crippen LogP contribution in [-0.2, 0) is 14.3 Å². The summed E-state index contributed by atoms with van der Waals surface area (Å²) in [5.74, 6) is 0.402. The maximum atomic E-state index is 11.7. The molecule has 1 aromatic carbocycles. The van der Waals surface area contributed by atoms with Crippen molar-refractivity contribution >= 4 is 11.9 Å². The van der Waals surface area contributed by atoms with Crippen LogP contribution in [-0.4, -0.2) is 31.6 Å². The lowest BCUT2D eigenvalue weighted by Gasteiger charge is -2.12. The summed E-state index contributed by atoms with van der Waals surface area (Å²) in [5, 5.41) is 2.76. The molecule has 0 fully saturated rings. The van der Waals surface area contributed by atoms with E-state index in [0.29, 0.717) is 19.4 Å². The lowest BCUT2D eigenvalue weighted by Crippen LogP contribution is -2.34. The van der Waals surface area contributed by atoms with Crippen molar-refractivity contribution in [2.75, 3.05) is 13.7 Å². The Morgan fingerprint density at radius 2 is 2.10 bits per heavy atom. The van der Waals surface area contributed by atoms with Crippen LogP contribution < -0.4 is 10.1 Å². The summed E-state index contributed by atoms with van der Waals surface area (Å²) in [4.78, 5) is 22.7. The van der Waals surface area contributed by atoms with Crippen LogP contribution in [0.15, 0.2) is 24.3 Å². The Kier molecular flexibility index (Phi) is 7.29. The van der Waals surface area contributed by atoms with Gasteiger partial charge in [0.05, 0.1) is 20.1 Å². The first-order chi connectivity index (χ1) is 10.0. The fourth-order valence-electron chi connectivity index (χ4n) is 1.86. The number of hydrogen-bond donors (Lipinski definition) is 1. The summed E-state index contributed by atoms with van der Waals surface area (Å²) < 4.78 is 10.1. The van der Waals surface area contributed by atoms with Crippen molar-refractivity contribution in [3.05, 3.63) is 29.8 Å². The molecule has 0 heterocycles. The van der Waals surface area contributed by atoms with Gasteiger partial charge in [0.25, 0.3) is 0 Å². The summed E-state index contributed by atoms with van der Waals surface area (Å²) in [6.07, 6.45) is 1.18. The molecule has 1 aromatic rings. The van der Waals surface area contributed by atoms with Crippen LogP contribution in [0.25, 0.3) is 0 Å². The predicted octanol–water partition coefficient (Wildman–Crippen LogP) is 2.22. The van der Waals surface area contributed by atoms with E-state index in [4.69, 9.17) is 4.74 Å². The maximum Gasteiger partial charge on any atom is 0.307 e. The third kappa shape index (κ3) is 7.34. The molecule has 5 heteroatoms. The van der Waals surface area contributed by atoms with E-state index < -0.39 is 0 Å². The second kappa shape index (κ2) is 9.00. The summed E-state index contributed by atoms with van der Waals surface area (Å²) in [5.41, 5.74) is 1.14. The van der Waals surface area contributed by atoms with E-state index in [1.54, 1.807) is 6.92 Å². The molecule has 0 aliphatic rings. The number of amides is 1. The van der Waals surface area contributed by atoms with Gasteiger partial charge in [-0.25, -0.2) is 0 Å². The van der Waals surface area contributed by atoms with E-state index in [1.807, 2.05) is 31.2 Å². The van der Waals surface area contributed by atoms with E-state index in [-0.39, 0.29) is 24.3 Å². The summed E-state index contributed by atoms with van der Waals surface area (Å²) >= 11 is 0. The van der Waals surface area contributed by atoms with Gasteiger partial charge in [-0.15, -0.1) is 0 Å². The minimum atomic E-state index is -0.328. The van der Waals surface area contributed by atoms with Gasteiger partial charge in [0.15, 0.2) is 0 Å². The van der Waals surface area contributed by atoms with Gasteiger partial charge in [0, 0.05) is 12.5 Å². The number of rotatable bonds is 8. The van der Waals surface area contributed by atoms with Gasteiger partial charge in [0.1, 0.15) is 5.75 Å². The fraction of sp³-hybridized carbons (Fsp3) is 0.500. The third-order valence-electron chi connectivity index (χ3n) is 2.91. The molecule has 1 atom stereocenters. The monoisotopic (exact) mass is 293 g/mol. The molecular weight excluding hydrogens is 270 g/mol. The van der Waals surface area contributed by atoms with Crippen LogP contribution in [0.5, 0.6) is 5.75 Å². The Morgan fingerprint density at radius 3 is 2.76 bits per heavy atom. The number of ether oxygens (including phenoxy) is 2. The molecule has 0 saturated carbocycles. The molecule has 0 aliphatic heterocycles. The van der Waals surface area contributed by atoms with E-state index in [1.165, 1.54) is 7.11 Å². The number of carbonyl (C=O) groups is 2. The van der Waals surface area contributed by atoms with Crippen molar-refractivity contribution in [1.29, 1.82) is 0 Å². The first-order valence-corrected chi connectivity index (χ1v) is 7.07. The van der Waals surface area contributed by atoms with Crippen LogP contribution in [0.4, 0.5) is 0 Å². The molecule has 1 N–H and O–H groups in total. The molecule has 0 saturated heterocycles. The third-order valence-corrected chi connectivity index (χ3v) is 2.91. The average Bonchev–Trinajstić information content (AvgIpc) is 2.43. The number of esters is 1. The van der Waals surface area contributed by atoms with Crippen molar-refractivity contribution in [3.63, 3.8) is 0 Å². The van der Waals surface area contributed by atoms with E-state index >= 15 is 0 Å². The first-order valence-electron chi connectivity index (χ1n) is 7.07. The van der Waals surface area contributed by atoms with Gasteiger partial charge in [-0.3, -0.25) is 9.59 Å². The molecular formula is C16H23NO4. The first kappa shape index (κ1) is 17.0. The highest BCUT2D eigenvalue weighted by Crippen LogP contribution is 2.12. The van der Waals surface area contributed by atoms with Crippen LogP contribution in [0.3, 0.4) is 0 Å². The minimum absolute atomic E-state index is 0.0840. The number of nitrogens with one attached hydrogen (secondary N) is 1. The number of aryl methyl sites for hydroxylation is 1. The molecule has 1 unspecified atom stereocenters. The van der Waals surface area contributed by atoms with Gasteiger partial charge < -0.3 is 14.8 Å². The number of hydrogen-bond acceptors (Lipinski definition) is 4. The SMILES string of the molecule is COC(=O)CC(C)NC(=O)CCCOc1cccc(C)c1. The highest BCUT2D eigenvalue weighted by atomic mass is 16.5. The molecule has 0 bridgehead atoms. The Bertz CT molecular complexity index is 473. The molecule has 1 amide bonds. The lowest BCUT2D eigenvalue weighted by atomic mass is 10.2. The molecule has 0 spiro atoms. The Morgan fingerprint density at radius 1 is 1.33 bits per heavy atom. The highest BCUT2D eigenvalue weighted by Gasteiger charge is 2.11. The van der Waals surface area contributed by atoms with Crippen LogP contribution >= 0.6 is 0 Å². The van der Waals surface area contributed by atoms with Gasteiger partial charge in [-0.1, -0.05) is 12.1 Å². The topological polar surface area (TPSA) is 64.6 Å². The molecule has 0 aliphatic carbocycles. The van der Waals surface area contributed by atoms with Crippen LogP contribution in [0, 0.1) is 6.92 Å². The predicted molar refractivity (Wildman–Crippen MR) is 80.1 cm³/mol. The Balaban J connectivity index is 2.17. The van der Waals surface area contributed by atoms with Crippen molar-refractivity contribution in [2.45, 2.75) is 39.2 Å². The van der Waals surface area contributed by atoms with Gasteiger partial charge >= 0.3 is 5.97 Å². The van der Waals surface area contributed by atoms with E-state index in [2.05, 4.69) is 10.1 Å². The summed E-state index contributed by atoms with van der Waals surface area (Å²) in [6.45, 7) is 4.27. The molecule has 0 radical (unpaired) electrons. The largest absolute Gasteiger partial charge is 0.494 e. The summed E-state index contributed by atoms with van der Waals surface area (Å²) in [6, 6.07) is 7.57. The fourth-order valence-corrected chi connectivity index (χ4v) is 1.86. The molecule has 0 aromatic heterocycles. The van der Waals surface area contributed by atoms with E-state index in [9.17, 15) is 9.59 Å². The van der Waals surface area contributed by atoms with Crippen molar-refractivity contribution in [1.82, 2.24) is 5.32 Å².